The lowest BCUT2D eigenvalue weighted by atomic mass is 10.1. The fourth-order valence-electron chi connectivity index (χ4n) is 3.37. The topological polar surface area (TPSA) is 54.0 Å². The molecule has 2 saturated heterocycles. The molecule has 7 heteroatoms. The minimum Gasteiger partial charge on any atom is -0.379 e. The van der Waals surface area contributed by atoms with Gasteiger partial charge in [-0.15, -0.1) is 0 Å². The Balaban J connectivity index is 1.52. The predicted octanol–water partition coefficient (Wildman–Crippen LogP) is 1.77. The van der Waals surface area contributed by atoms with Crippen LogP contribution in [0.15, 0.2) is 18.2 Å². The number of hydrogen-bond donors (Lipinski definition) is 1. The Labute approximate surface area is 154 Å². The number of carbonyl (C=O) groups is 1. The molecule has 26 heavy (non-hydrogen) atoms. The summed E-state index contributed by atoms with van der Waals surface area (Å²) in [7, 11) is 0. The van der Waals surface area contributed by atoms with Gasteiger partial charge in [0.1, 0.15) is 5.82 Å². The van der Waals surface area contributed by atoms with Crippen LogP contribution in [0.1, 0.15) is 17.5 Å². The van der Waals surface area contributed by atoms with Crippen LogP contribution in [-0.4, -0.2) is 74.5 Å². The number of rotatable bonds is 4. The quantitative estimate of drug-likeness (QED) is 0.884. The molecule has 0 bridgehead atoms. The summed E-state index contributed by atoms with van der Waals surface area (Å²) in [6, 6.07) is 4.52. The van der Waals surface area contributed by atoms with Gasteiger partial charge in [0.25, 0.3) is 0 Å². The molecule has 0 radical (unpaired) electrons. The van der Waals surface area contributed by atoms with E-state index in [4.69, 9.17) is 9.47 Å². The highest BCUT2D eigenvalue weighted by Gasteiger charge is 2.25. The van der Waals surface area contributed by atoms with Gasteiger partial charge in [-0.2, -0.15) is 0 Å². The Kier molecular flexibility index (Phi) is 6.82. The monoisotopic (exact) mass is 365 g/mol. The summed E-state index contributed by atoms with van der Waals surface area (Å²) in [5.41, 5.74) is 1.77. The third-order valence-electron chi connectivity index (χ3n) is 4.94. The average molecular weight is 365 g/mol. The minimum absolute atomic E-state index is 0.0113. The molecular formula is C19H28FN3O3. The van der Waals surface area contributed by atoms with Crippen LogP contribution in [0.5, 0.6) is 0 Å². The number of nitrogens with one attached hydrogen (secondary N) is 1. The van der Waals surface area contributed by atoms with Crippen molar-refractivity contribution in [2.24, 2.45) is 0 Å². The number of ether oxygens (including phenoxy) is 2. The summed E-state index contributed by atoms with van der Waals surface area (Å²) in [5, 5.41) is 2.92. The number of carbonyl (C=O) groups excluding carboxylic acids is 1. The number of morpholine rings is 1. The number of amides is 2. The van der Waals surface area contributed by atoms with E-state index in [0.29, 0.717) is 26.2 Å². The third-order valence-corrected chi connectivity index (χ3v) is 4.94. The second-order valence-corrected chi connectivity index (χ2v) is 6.93. The highest BCUT2D eigenvalue weighted by atomic mass is 19.1. The normalized spacial score (nSPS) is 22.1. The summed E-state index contributed by atoms with van der Waals surface area (Å²) < 4.78 is 24.7. The summed E-state index contributed by atoms with van der Waals surface area (Å²) in [6.45, 7) is 8.30. The van der Waals surface area contributed by atoms with Crippen molar-refractivity contribution in [3.05, 3.63) is 35.1 Å². The first-order valence-corrected chi connectivity index (χ1v) is 9.31. The largest absolute Gasteiger partial charge is 0.379 e. The smallest absolute Gasteiger partial charge is 0.317 e. The fourth-order valence-corrected chi connectivity index (χ4v) is 3.37. The van der Waals surface area contributed by atoms with E-state index in [2.05, 4.69) is 10.2 Å². The Hall–Kier alpha value is -1.70. The van der Waals surface area contributed by atoms with Crippen molar-refractivity contribution in [3.63, 3.8) is 0 Å². The first-order valence-electron chi connectivity index (χ1n) is 9.31. The fraction of sp³-hybridized carbons (Fsp3) is 0.632. The van der Waals surface area contributed by atoms with Crippen LogP contribution in [-0.2, 0) is 16.0 Å². The van der Waals surface area contributed by atoms with Gasteiger partial charge < -0.3 is 19.7 Å². The van der Waals surface area contributed by atoms with Crippen molar-refractivity contribution in [3.8, 4) is 0 Å². The zero-order valence-electron chi connectivity index (χ0n) is 15.4. The first kappa shape index (κ1) is 19.1. The van der Waals surface area contributed by atoms with E-state index < -0.39 is 0 Å². The van der Waals surface area contributed by atoms with Gasteiger partial charge >= 0.3 is 6.03 Å². The maximum Gasteiger partial charge on any atom is 0.317 e. The average Bonchev–Trinajstić information content (AvgIpc) is 2.89. The molecule has 1 N–H and O–H groups in total. The molecule has 2 fully saturated rings. The van der Waals surface area contributed by atoms with Gasteiger partial charge in [0.2, 0.25) is 0 Å². The molecule has 6 nitrogen and oxygen atoms in total. The van der Waals surface area contributed by atoms with Crippen molar-refractivity contribution in [1.82, 2.24) is 15.1 Å². The zero-order valence-corrected chi connectivity index (χ0v) is 15.4. The maximum atomic E-state index is 13.4. The molecule has 2 aliphatic heterocycles. The standard InChI is InChI=1S/C19H28FN3O3/c1-15-3-4-17(20)11-16(15)12-21-19(24)23-5-2-8-26-18(14-23)13-22-6-9-25-10-7-22/h3-4,11,18H,2,5-10,12-14H2,1H3,(H,21,24)/t18-/m0/s1. The number of urea groups is 1. The van der Waals surface area contributed by atoms with E-state index in [-0.39, 0.29) is 18.0 Å². The molecule has 0 saturated carbocycles. The molecule has 1 aromatic carbocycles. The van der Waals surface area contributed by atoms with Gasteiger partial charge in [0.05, 0.1) is 19.3 Å². The Morgan fingerprint density at radius 2 is 2.08 bits per heavy atom. The molecule has 3 rings (SSSR count). The number of hydrogen-bond acceptors (Lipinski definition) is 4. The Morgan fingerprint density at radius 1 is 1.27 bits per heavy atom. The molecule has 2 heterocycles. The number of halogens is 1. The van der Waals surface area contributed by atoms with Crippen LogP contribution in [0.25, 0.3) is 0 Å². The van der Waals surface area contributed by atoms with Gasteiger partial charge in [-0.25, -0.2) is 9.18 Å². The van der Waals surface area contributed by atoms with Gasteiger partial charge in [0, 0.05) is 45.9 Å². The van der Waals surface area contributed by atoms with Crippen LogP contribution in [0.4, 0.5) is 9.18 Å². The lowest BCUT2D eigenvalue weighted by molar-refractivity contribution is -0.0101. The molecule has 2 aliphatic rings. The van der Waals surface area contributed by atoms with E-state index in [1.54, 1.807) is 6.07 Å². The molecule has 0 aliphatic carbocycles. The SMILES string of the molecule is Cc1ccc(F)cc1CNC(=O)N1CCCO[C@@H](CN2CCOCC2)C1. The van der Waals surface area contributed by atoms with Gasteiger partial charge in [0.15, 0.2) is 0 Å². The predicted molar refractivity (Wildman–Crippen MR) is 96.6 cm³/mol. The minimum atomic E-state index is -0.284. The number of nitrogens with zero attached hydrogens (tertiary/aromatic N) is 2. The maximum absolute atomic E-state index is 13.4. The summed E-state index contributed by atoms with van der Waals surface area (Å²) >= 11 is 0. The summed E-state index contributed by atoms with van der Waals surface area (Å²) in [4.78, 5) is 16.7. The number of aryl methyl sites for hydroxylation is 1. The molecular weight excluding hydrogens is 337 g/mol. The van der Waals surface area contributed by atoms with E-state index in [9.17, 15) is 9.18 Å². The second-order valence-electron chi connectivity index (χ2n) is 6.93. The van der Waals surface area contributed by atoms with Crippen molar-refractivity contribution >= 4 is 6.03 Å². The van der Waals surface area contributed by atoms with E-state index in [1.807, 2.05) is 11.8 Å². The third kappa shape index (κ3) is 5.40. The first-order chi connectivity index (χ1) is 12.6. The Bertz CT molecular complexity index is 608. The van der Waals surface area contributed by atoms with Crippen molar-refractivity contribution in [2.75, 3.05) is 52.5 Å². The molecule has 144 valence electrons. The van der Waals surface area contributed by atoms with Crippen molar-refractivity contribution in [1.29, 1.82) is 0 Å². The van der Waals surface area contributed by atoms with Gasteiger partial charge in [-0.3, -0.25) is 4.90 Å². The molecule has 0 unspecified atom stereocenters. The van der Waals surface area contributed by atoms with E-state index >= 15 is 0 Å². The van der Waals surface area contributed by atoms with Crippen LogP contribution in [0, 0.1) is 12.7 Å². The van der Waals surface area contributed by atoms with Gasteiger partial charge in [-0.1, -0.05) is 6.07 Å². The highest BCUT2D eigenvalue weighted by molar-refractivity contribution is 5.74. The van der Waals surface area contributed by atoms with Crippen LogP contribution >= 0.6 is 0 Å². The van der Waals surface area contributed by atoms with Crippen LogP contribution < -0.4 is 5.32 Å². The van der Waals surface area contributed by atoms with Crippen LogP contribution in [0.3, 0.4) is 0 Å². The Morgan fingerprint density at radius 3 is 2.88 bits per heavy atom. The molecule has 0 aromatic heterocycles. The van der Waals surface area contributed by atoms with E-state index in [1.165, 1.54) is 12.1 Å². The molecule has 1 aromatic rings. The lowest BCUT2D eigenvalue weighted by Crippen LogP contribution is -2.47. The number of benzene rings is 1. The lowest BCUT2D eigenvalue weighted by Gasteiger charge is -2.31. The zero-order chi connectivity index (χ0) is 18.4. The van der Waals surface area contributed by atoms with Gasteiger partial charge in [-0.05, 0) is 36.6 Å². The van der Waals surface area contributed by atoms with E-state index in [0.717, 1.165) is 50.4 Å². The van der Waals surface area contributed by atoms with Crippen LogP contribution in [0.2, 0.25) is 0 Å². The molecule has 1 atom stereocenters. The van der Waals surface area contributed by atoms with Crippen molar-refractivity contribution in [2.45, 2.75) is 26.0 Å². The van der Waals surface area contributed by atoms with Crippen molar-refractivity contribution < 1.29 is 18.7 Å². The molecule has 2 amide bonds. The summed E-state index contributed by atoms with van der Waals surface area (Å²) in [5.74, 6) is -0.284. The summed E-state index contributed by atoms with van der Waals surface area (Å²) in [6.07, 6.45) is 0.837. The molecule has 0 spiro atoms. The second kappa shape index (κ2) is 9.30. The highest BCUT2D eigenvalue weighted by Crippen LogP contribution is 2.12.